The normalized spacial score (nSPS) is 14.8. The summed E-state index contributed by atoms with van der Waals surface area (Å²) < 4.78 is 0. The molecule has 8 heteroatoms. The van der Waals surface area contributed by atoms with Gasteiger partial charge in [-0.1, -0.05) is 64.7 Å². The van der Waals surface area contributed by atoms with E-state index in [1.54, 1.807) is 0 Å². The summed E-state index contributed by atoms with van der Waals surface area (Å²) in [5.74, 6) is -3.66. The Morgan fingerprint density at radius 2 is 0.972 bits per heavy atom. The zero-order valence-electron chi connectivity index (χ0n) is 20.7. The van der Waals surface area contributed by atoms with Crippen LogP contribution in [0.2, 0.25) is 0 Å². The number of carbonyl (C=O) groups excluding carboxylic acids is 4. The molecule has 0 aromatic heterocycles. The Morgan fingerprint density at radius 1 is 0.611 bits per heavy atom. The Hall–Kier alpha value is -3.55. The summed E-state index contributed by atoms with van der Waals surface area (Å²) in [4.78, 5) is 65.4. The number of carboxylic acid groups (broad SMARTS) is 1. The van der Waals surface area contributed by atoms with E-state index in [2.05, 4.69) is 6.92 Å². The van der Waals surface area contributed by atoms with Crippen LogP contribution in [0.4, 0.5) is 0 Å². The van der Waals surface area contributed by atoms with Crippen LogP contribution >= 0.6 is 0 Å². The van der Waals surface area contributed by atoms with Gasteiger partial charge in [-0.25, -0.2) is 0 Å². The number of hydrogen-bond donors (Lipinski definition) is 1. The molecule has 4 rings (SSSR count). The first kappa shape index (κ1) is 25.5. The van der Waals surface area contributed by atoms with Crippen molar-refractivity contribution in [1.82, 2.24) is 9.80 Å². The summed E-state index contributed by atoms with van der Waals surface area (Å²) in [6.45, 7) is 1.78. The predicted octanol–water partition coefficient (Wildman–Crippen LogP) is 5.04. The molecule has 0 saturated carbocycles. The SMILES string of the molecule is CCCCCCCCCCCCN1C(=O)c2ccc3c4c(ccc(c24)C1=O)C(=O)N(CC(=O)O)C3=O. The van der Waals surface area contributed by atoms with Gasteiger partial charge in [-0.15, -0.1) is 0 Å². The lowest BCUT2D eigenvalue weighted by Crippen LogP contribution is -2.45. The summed E-state index contributed by atoms with van der Waals surface area (Å²) >= 11 is 0. The minimum Gasteiger partial charge on any atom is -0.480 e. The molecular formula is C28H32N2O6. The van der Waals surface area contributed by atoms with Crippen molar-refractivity contribution in [1.29, 1.82) is 0 Å². The smallest absolute Gasteiger partial charge is 0.323 e. The van der Waals surface area contributed by atoms with E-state index in [0.29, 0.717) is 16.8 Å². The first-order chi connectivity index (χ1) is 17.4. The average molecular weight is 493 g/mol. The highest BCUT2D eigenvalue weighted by Crippen LogP contribution is 2.37. The van der Waals surface area contributed by atoms with E-state index in [1.165, 1.54) is 67.7 Å². The van der Waals surface area contributed by atoms with Crippen molar-refractivity contribution < 1.29 is 29.1 Å². The Kier molecular flexibility index (Phi) is 7.82. The van der Waals surface area contributed by atoms with Crippen LogP contribution in [-0.4, -0.2) is 57.6 Å². The molecule has 2 aromatic rings. The lowest BCUT2D eigenvalue weighted by atomic mass is 9.86. The van der Waals surface area contributed by atoms with E-state index < -0.39 is 36.1 Å². The Morgan fingerprint density at radius 3 is 1.36 bits per heavy atom. The quantitative estimate of drug-likeness (QED) is 0.310. The van der Waals surface area contributed by atoms with E-state index in [0.717, 1.165) is 25.7 Å². The molecule has 0 atom stereocenters. The summed E-state index contributed by atoms with van der Waals surface area (Å²) in [5, 5.41) is 9.66. The molecule has 36 heavy (non-hydrogen) atoms. The van der Waals surface area contributed by atoms with E-state index in [1.807, 2.05) is 0 Å². The van der Waals surface area contributed by atoms with Gasteiger partial charge in [0, 0.05) is 39.6 Å². The van der Waals surface area contributed by atoms with Crippen LogP contribution in [0.1, 0.15) is 113 Å². The van der Waals surface area contributed by atoms with Gasteiger partial charge in [0.15, 0.2) is 0 Å². The van der Waals surface area contributed by atoms with Gasteiger partial charge in [-0.05, 0) is 30.7 Å². The van der Waals surface area contributed by atoms with Crippen LogP contribution in [0.15, 0.2) is 24.3 Å². The van der Waals surface area contributed by atoms with Crippen LogP contribution in [0.3, 0.4) is 0 Å². The number of nitrogens with zero attached hydrogens (tertiary/aromatic N) is 2. The number of unbranched alkanes of at least 4 members (excludes halogenated alkanes) is 9. The fourth-order valence-electron chi connectivity index (χ4n) is 5.21. The first-order valence-corrected chi connectivity index (χ1v) is 12.9. The second kappa shape index (κ2) is 11.0. The lowest BCUT2D eigenvalue weighted by molar-refractivity contribution is -0.137. The zero-order valence-corrected chi connectivity index (χ0v) is 20.7. The molecule has 0 aliphatic carbocycles. The highest BCUT2D eigenvalue weighted by Gasteiger charge is 2.39. The fourth-order valence-corrected chi connectivity index (χ4v) is 5.21. The second-order valence-electron chi connectivity index (χ2n) is 9.61. The molecule has 0 saturated heterocycles. The van der Waals surface area contributed by atoms with Gasteiger partial charge in [0.25, 0.3) is 23.6 Å². The number of aliphatic carboxylic acids is 1. The molecule has 1 N–H and O–H groups in total. The molecule has 4 amide bonds. The fraction of sp³-hybridized carbons (Fsp3) is 0.464. The van der Waals surface area contributed by atoms with Gasteiger partial charge in [-0.2, -0.15) is 0 Å². The zero-order chi connectivity index (χ0) is 25.8. The number of benzene rings is 2. The van der Waals surface area contributed by atoms with Crippen molar-refractivity contribution in [2.75, 3.05) is 13.1 Å². The third kappa shape index (κ3) is 4.76. The van der Waals surface area contributed by atoms with Crippen LogP contribution in [0.25, 0.3) is 10.8 Å². The summed E-state index contributed by atoms with van der Waals surface area (Å²) in [6, 6.07) is 5.89. The van der Waals surface area contributed by atoms with E-state index in [-0.39, 0.29) is 27.6 Å². The monoisotopic (exact) mass is 492 g/mol. The standard InChI is InChI=1S/C28H32N2O6/c1-2-3-4-5-6-7-8-9-10-11-16-29-25(33)18-12-14-20-24-21(15-13-19(23(18)24)26(29)34)28(36)30(27(20)35)17-22(31)32/h12-15H,2-11,16-17H2,1H3,(H,31,32). The van der Waals surface area contributed by atoms with Gasteiger partial charge < -0.3 is 5.11 Å². The molecule has 2 aliphatic heterocycles. The number of carbonyl (C=O) groups is 5. The Balaban J connectivity index is 1.46. The van der Waals surface area contributed by atoms with Crippen molar-refractivity contribution in [2.24, 2.45) is 0 Å². The van der Waals surface area contributed by atoms with Gasteiger partial charge in [0.2, 0.25) is 0 Å². The van der Waals surface area contributed by atoms with Gasteiger partial charge in [-0.3, -0.25) is 33.8 Å². The van der Waals surface area contributed by atoms with Crippen LogP contribution in [0.5, 0.6) is 0 Å². The second-order valence-corrected chi connectivity index (χ2v) is 9.61. The molecule has 190 valence electrons. The van der Waals surface area contributed by atoms with Crippen molar-refractivity contribution in [3.8, 4) is 0 Å². The first-order valence-electron chi connectivity index (χ1n) is 12.9. The molecular weight excluding hydrogens is 460 g/mol. The molecule has 0 fully saturated rings. The maximum Gasteiger partial charge on any atom is 0.323 e. The molecule has 8 nitrogen and oxygen atoms in total. The molecule has 0 unspecified atom stereocenters. The third-order valence-corrected chi connectivity index (χ3v) is 7.09. The van der Waals surface area contributed by atoms with Gasteiger partial charge >= 0.3 is 5.97 Å². The highest BCUT2D eigenvalue weighted by atomic mass is 16.4. The maximum atomic E-state index is 13.3. The molecule has 0 spiro atoms. The molecule has 0 bridgehead atoms. The Bertz CT molecular complexity index is 1160. The number of amides is 4. The lowest BCUT2D eigenvalue weighted by Gasteiger charge is -2.31. The van der Waals surface area contributed by atoms with E-state index in [4.69, 9.17) is 5.11 Å². The van der Waals surface area contributed by atoms with Crippen molar-refractivity contribution in [3.63, 3.8) is 0 Å². The largest absolute Gasteiger partial charge is 0.480 e. The molecule has 0 radical (unpaired) electrons. The maximum absolute atomic E-state index is 13.3. The molecule has 2 aromatic carbocycles. The van der Waals surface area contributed by atoms with Gasteiger partial charge in [0.05, 0.1) is 0 Å². The third-order valence-electron chi connectivity index (χ3n) is 7.09. The Labute approximate surface area is 210 Å². The minimum atomic E-state index is -1.31. The highest BCUT2D eigenvalue weighted by molar-refractivity contribution is 6.33. The summed E-state index contributed by atoms with van der Waals surface area (Å²) in [6.07, 6.45) is 11.5. The van der Waals surface area contributed by atoms with E-state index >= 15 is 0 Å². The predicted molar refractivity (Wildman–Crippen MR) is 134 cm³/mol. The number of hydrogen-bond acceptors (Lipinski definition) is 5. The molecule has 2 aliphatic rings. The van der Waals surface area contributed by atoms with Crippen LogP contribution < -0.4 is 0 Å². The summed E-state index contributed by atoms with van der Waals surface area (Å²) in [7, 11) is 0. The van der Waals surface area contributed by atoms with Crippen molar-refractivity contribution in [2.45, 2.75) is 71.1 Å². The summed E-state index contributed by atoms with van der Waals surface area (Å²) in [5.41, 5.74) is 0.805. The van der Waals surface area contributed by atoms with E-state index in [9.17, 15) is 24.0 Å². The topological polar surface area (TPSA) is 112 Å². The van der Waals surface area contributed by atoms with Gasteiger partial charge in [0.1, 0.15) is 6.54 Å². The van der Waals surface area contributed by atoms with Crippen molar-refractivity contribution >= 4 is 40.4 Å². The minimum absolute atomic E-state index is 0.121. The van der Waals surface area contributed by atoms with Crippen molar-refractivity contribution in [3.05, 3.63) is 46.5 Å². The number of carboxylic acids is 1. The van der Waals surface area contributed by atoms with Crippen LogP contribution in [-0.2, 0) is 4.79 Å². The number of rotatable bonds is 13. The molecule has 2 heterocycles. The number of imide groups is 2. The van der Waals surface area contributed by atoms with Crippen LogP contribution in [0, 0.1) is 0 Å². The average Bonchev–Trinajstić information content (AvgIpc) is 2.86.